The first-order valence-electron chi connectivity index (χ1n) is 7.42. The van der Waals surface area contributed by atoms with E-state index in [0.717, 1.165) is 32.9 Å². The number of aliphatic hydroxyl groups is 1. The Kier molecular flexibility index (Phi) is 4.01. The number of nitrogens with zero attached hydrogens (tertiary/aromatic N) is 1. The molecule has 1 atom stereocenters. The highest BCUT2D eigenvalue weighted by Gasteiger charge is 2.14. The molecule has 1 N–H and O–H groups in total. The summed E-state index contributed by atoms with van der Waals surface area (Å²) in [5.74, 6) is 0.847. The van der Waals surface area contributed by atoms with Crippen molar-refractivity contribution in [3.63, 3.8) is 0 Å². The topological polar surface area (TPSA) is 32.7 Å². The molecule has 114 valence electrons. The molecule has 0 bridgehead atoms. The van der Waals surface area contributed by atoms with Crippen molar-refractivity contribution < 1.29 is 9.84 Å². The molecule has 0 aromatic heterocycles. The molecule has 0 aliphatic carbocycles. The van der Waals surface area contributed by atoms with Crippen LogP contribution >= 0.6 is 0 Å². The molecule has 0 heterocycles. The number of hydrogen-bond acceptors (Lipinski definition) is 3. The molecular formula is C19H21NO2. The zero-order chi connectivity index (χ0) is 15.7. The Bertz CT molecular complexity index is 811. The number of hydrogen-bond donors (Lipinski definition) is 1. The molecule has 1 unspecified atom stereocenters. The lowest BCUT2D eigenvalue weighted by Crippen LogP contribution is -2.20. The minimum Gasteiger partial charge on any atom is -0.497 e. The molecule has 3 rings (SSSR count). The number of rotatable bonds is 4. The van der Waals surface area contributed by atoms with Crippen molar-refractivity contribution in [3.05, 3.63) is 54.1 Å². The molecule has 0 aliphatic rings. The van der Waals surface area contributed by atoms with Crippen molar-refractivity contribution in [2.75, 3.05) is 27.7 Å². The third-order valence-corrected chi connectivity index (χ3v) is 4.00. The maximum atomic E-state index is 10.6. The van der Waals surface area contributed by atoms with E-state index in [-0.39, 0.29) is 0 Å². The van der Waals surface area contributed by atoms with Crippen LogP contribution in [0.15, 0.2) is 48.5 Å². The van der Waals surface area contributed by atoms with Crippen LogP contribution in [0.1, 0.15) is 11.7 Å². The van der Waals surface area contributed by atoms with Crippen molar-refractivity contribution in [1.29, 1.82) is 0 Å². The van der Waals surface area contributed by atoms with E-state index in [2.05, 4.69) is 24.3 Å². The van der Waals surface area contributed by atoms with Gasteiger partial charge in [0.05, 0.1) is 13.2 Å². The fourth-order valence-corrected chi connectivity index (χ4v) is 2.96. The van der Waals surface area contributed by atoms with Gasteiger partial charge in [0.15, 0.2) is 0 Å². The standard InChI is InChI=1S/C19H21NO2/c1-20(2)12-19(21)18-10-13-8-9-14(22-3)11-17(13)15-6-4-5-7-16(15)18/h4-11,19,21H,12H2,1-3H3. The quantitative estimate of drug-likeness (QED) is 0.747. The third-order valence-electron chi connectivity index (χ3n) is 4.00. The van der Waals surface area contributed by atoms with Gasteiger partial charge in [0.1, 0.15) is 5.75 Å². The van der Waals surface area contributed by atoms with Gasteiger partial charge in [0.25, 0.3) is 0 Å². The van der Waals surface area contributed by atoms with Gasteiger partial charge in [0, 0.05) is 6.54 Å². The average molecular weight is 295 g/mol. The number of aliphatic hydroxyl groups excluding tert-OH is 1. The molecule has 0 fully saturated rings. The minimum absolute atomic E-state index is 0.508. The van der Waals surface area contributed by atoms with Gasteiger partial charge in [-0.2, -0.15) is 0 Å². The number of likely N-dealkylation sites (N-methyl/N-ethyl adjacent to an activating group) is 1. The smallest absolute Gasteiger partial charge is 0.119 e. The van der Waals surface area contributed by atoms with Crippen molar-refractivity contribution in [1.82, 2.24) is 4.90 Å². The van der Waals surface area contributed by atoms with Gasteiger partial charge in [-0.05, 0) is 59.4 Å². The van der Waals surface area contributed by atoms with E-state index in [9.17, 15) is 5.11 Å². The summed E-state index contributed by atoms with van der Waals surface area (Å²) in [6.45, 7) is 0.603. The van der Waals surface area contributed by atoms with Crippen LogP contribution in [0.3, 0.4) is 0 Å². The molecule has 0 saturated carbocycles. The van der Waals surface area contributed by atoms with Crippen LogP contribution in [0.4, 0.5) is 0 Å². The Morgan fingerprint density at radius 2 is 1.73 bits per heavy atom. The first-order valence-corrected chi connectivity index (χ1v) is 7.42. The van der Waals surface area contributed by atoms with Crippen LogP contribution < -0.4 is 4.74 Å². The number of benzene rings is 3. The second-order valence-electron chi connectivity index (χ2n) is 5.88. The predicted molar refractivity (Wildman–Crippen MR) is 91.5 cm³/mol. The van der Waals surface area contributed by atoms with Gasteiger partial charge in [-0.1, -0.05) is 30.3 Å². The highest BCUT2D eigenvalue weighted by atomic mass is 16.5. The molecule has 3 nitrogen and oxygen atoms in total. The largest absolute Gasteiger partial charge is 0.497 e. The van der Waals surface area contributed by atoms with Crippen LogP contribution in [0.5, 0.6) is 5.75 Å². The average Bonchev–Trinajstić information content (AvgIpc) is 2.53. The summed E-state index contributed by atoms with van der Waals surface area (Å²) in [5.41, 5.74) is 0.974. The Labute approximate surface area is 130 Å². The molecule has 0 radical (unpaired) electrons. The second kappa shape index (κ2) is 5.95. The fraction of sp³-hybridized carbons (Fsp3) is 0.263. The zero-order valence-corrected chi connectivity index (χ0v) is 13.2. The molecular weight excluding hydrogens is 274 g/mol. The summed E-state index contributed by atoms with van der Waals surface area (Å²) < 4.78 is 5.35. The Morgan fingerprint density at radius 1 is 1.00 bits per heavy atom. The molecule has 0 spiro atoms. The minimum atomic E-state index is -0.508. The Morgan fingerprint density at radius 3 is 2.41 bits per heavy atom. The highest BCUT2D eigenvalue weighted by molar-refractivity contribution is 6.09. The lowest BCUT2D eigenvalue weighted by molar-refractivity contribution is 0.140. The molecule has 3 heteroatoms. The first-order chi connectivity index (χ1) is 10.6. The van der Waals surface area contributed by atoms with E-state index in [1.807, 2.05) is 43.3 Å². The summed E-state index contributed by atoms with van der Waals surface area (Å²) in [6.07, 6.45) is -0.508. The SMILES string of the molecule is COc1ccc2cc(C(O)CN(C)C)c3ccccc3c2c1. The molecule has 0 saturated heterocycles. The summed E-state index contributed by atoms with van der Waals surface area (Å²) in [5, 5.41) is 15.1. The van der Waals surface area contributed by atoms with Gasteiger partial charge in [-0.15, -0.1) is 0 Å². The number of methoxy groups -OCH3 is 1. The van der Waals surface area contributed by atoms with E-state index < -0.39 is 6.10 Å². The maximum Gasteiger partial charge on any atom is 0.119 e. The molecule has 22 heavy (non-hydrogen) atoms. The lowest BCUT2D eigenvalue weighted by Gasteiger charge is -2.19. The second-order valence-corrected chi connectivity index (χ2v) is 5.88. The molecule has 0 amide bonds. The van der Waals surface area contributed by atoms with Crippen molar-refractivity contribution in [2.45, 2.75) is 6.10 Å². The summed E-state index contributed by atoms with van der Waals surface area (Å²) in [4.78, 5) is 2.00. The summed E-state index contributed by atoms with van der Waals surface area (Å²) >= 11 is 0. The van der Waals surface area contributed by atoms with Gasteiger partial charge in [-0.3, -0.25) is 0 Å². The van der Waals surface area contributed by atoms with Crippen molar-refractivity contribution >= 4 is 21.5 Å². The molecule has 3 aromatic carbocycles. The summed E-state index contributed by atoms with van der Waals surface area (Å²) in [6, 6.07) is 16.4. The van der Waals surface area contributed by atoms with E-state index in [1.54, 1.807) is 7.11 Å². The summed E-state index contributed by atoms with van der Waals surface area (Å²) in [7, 11) is 5.62. The van der Waals surface area contributed by atoms with Gasteiger partial charge in [-0.25, -0.2) is 0 Å². The Balaban J connectivity index is 2.28. The fourth-order valence-electron chi connectivity index (χ4n) is 2.96. The van der Waals surface area contributed by atoms with E-state index >= 15 is 0 Å². The van der Waals surface area contributed by atoms with Gasteiger partial charge < -0.3 is 14.7 Å². The van der Waals surface area contributed by atoms with E-state index in [1.165, 1.54) is 0 Å². The number of ether oxygens (including phenoxy) is 1. The molecule has 3 aromatic rings. The van der Waals surface area contributed by atoms with Crippen LogP contribution in [-0.2, 0) is 0 Å². The van der Waals surface area contributed by atoms with Crippen molar-refractivity contribution in [3.8, 4) is 5.75 Å². The van der Waals surface area contributed by atoms with Crippen molar-refractivity contribution in [2.24, 2.45) is 0 Å². The van der Waals surface area contributed by atoms with Gasteiger partial charge >= 0.3 is 0 Å². The van der Waals surface area contributed by atoms with Gasteiger partial charge in [0.2, 0.25) is 0 Å². The monoisotopic (exact) mass is 295 g/mol. The molecule has 0 aliphatic heterocycles. The number of fused-ring (bicyclic) bond motifs is 3. The highest BCUT2D eigenvalue weighted by Crippen LogP contribution is 2.34. The van der Waals surface area contributed by atoms with Crippen LogP contribution in [0.25, 0.3) is 21.5 Å². The predicted octanol–water partition coefficient (Wildman–Crippen LogP) is 3.60. The van der Waals surface area contributed by atoms with E-state index in [0.29, 0.717) is 6.54 Å². The normalized spacial score (nSPS) is 13.0. The zero-order valence-electron chi connectivity index (χ0n) is 13.2. The maximum absolute atomic E-state index is 10.6. The van der Waals surface area contributed by atoms with Crippen LogP contribution in [-0.4, -0.2) is 37.8 Å². The van der Waals surface area contributed by atoms with E-state index in [4.69, 9.17) is 4.74 Å². The first kappa shape index (κ1) is 14.8. The Hall–Kier alpha value is -2.10. The lowest BCUT2D eigenvalue weighted by atomic mass is 9.94. The van der Waals surface area contributed by atoms with Crippen LogP contribution in [0, 0.1) is 0 Å². The van der Waals surface area contributed by atoms with Crippen LogP contribution in [0.2, 0.25) is 0 Å². The third kappa shape index (κ3) is 2.65.